The van der Waals surface area contributed by atoms with Crippen molar-refractivity contribution in [2.24, 2.45) is 11.1 Å². The fourth-order valence-corrected chi connectivity index (χ4v) is 3.90. The second kappa shape index (κ2) is 10.4. The average Bonchev–Trinajstić information content (AvgIpc) is 2.84. The molecule has 0 radical (unpaired) electrons. The lowest BCUT2D eigenvalue weighted by Gasteiger charge is -2.31. The number of aromatic nitrogens is 2. The Morgan fingerprint density at radius 3 is 2.19 bits per heavy atom. The van der Waals surface area contributed by atoms with Crippen LogP contribution in [0.3, 0.4) is 0 Å². The summed E-state index contributed by atoms with van der Waals surface area (Å²) in [6.45, 7) is 0.914. The van der Waals surface area contributed by atoms with E-state index in [-0.39, 0.29) is 35.2 Å². The summed E-state index contributed by atoms with van der Waals surface area (Å²) in [6, 6.07) is 5.76. The van der Waals surface area contributed by atoms with Crippen molar-refractivity contribution in [2.45, 2.75) is 19.0 Å². The first kappa shape index (κ1) is 25.3. The van der Waals surface area contributed by atoms with Gasteiger partial charge in [-0.2, -0.15) is 13.2 Å². The number of halogens is 6. The van der Waals surface area contributed by atoms with Crippen LogP contribution in [0.1, 0.15) is 24.0 Å². The van der Waals surface area contributed by atoms with Crippen LogP contribution in [0.4, 0.5) is 32.3 Å². The zero-order valence-corrected chi connectivity index (χ0v) is 18.6. The molecule has 1 aliphatic heterocycles. The van der Waals surface area contributed by atoms with Crippen molar-refractivity contribution in [2.75, 3.05) is 24.6 Å². The first-order valence-corrected chi connectivity index (χ1v) is 10.9. The van der Waals surface area contributed by atoms with E-state index in [1.807, 2.05) is 0 Å². The third kappa shape index (κ3) is 5.69. The molecule has 0 atom stereocenters. The lowest BCUT2D eigenvalue weighted by Crippen LogP contribution is -2.36. The number of oxime groups is 1. The molecule has 1 N–H and O–H groups in total. The highest BCUT2D eigenvalue weighted by Crippen LogP contribution is 2.32. The summed E-state index contributed by atoms with van der Waals surface area (Å²) >= 11 is 0. The summed E-state index contributed by atoms with van der Waals surface area (Å²) in [7, 11) is 0. The van der Waals surface area contributed by atoms with Crippen molar-refractivity contribution in [3.63, 3.8) is 0 Å². The lowest BCUT2D eigenvalue weighted by atomic mass is 9.98. The molecule has 3 aromatic rings. The van der Waals surface area contributed by atoms with Gasteiger partial charge >= 0.3 is 6.18 Å². The molecule has 0 amide bonds. The summed E-state index contributed by atoms with van der Waals surface area (Å²) in [6.07, 6.45) is -0.917. The molecule has 12 heteroatoms. The van der Waals surface area contributed by atoms with E-state index in [1.165, 1.54) is 12.1 Å². The molecule has 2 heterocycles. The topological polar surface area (TPSA) is 70.8 Å². The third-order valence-corrected chi connectivity index (χ3v) is 5.84. The maximum atomic E-state index is 14.6. The van der Waals surface area contributed by atoms with Gasteiger partial charge in [-0.15, -0.1) is 0 Å². The van der Waals surface area contributed by atoms with E-state index in [0.29, 0.717) is 25.9 Å². The summed E-state index contributed by atoms with van der Waals surface area (Å²) in [5.41, 5.74) is -0.712. The maximum Gasteiger partial charge on any atom is 0.419 e. The lowest BCUT2D eigenvalue weighted by molar-refractivity contribution is -0.138. The highest BCUT2D eigenvalue weighted by Gasteiger charge is 2.32. The van der Waals surface area contributed by atoms with Crippen LogP contribution in [0.5, 0.6) is 5.75 Å². The Hall–Kier alpha value is -3.83. The molecule has 36 heavy (non-hydrogen) atoms. The molecule has 2 aromatic carbocycles. The van der Waals surface area contributed by atoms with Gasteiger partial charge in [0, 0.05) is 31.0 Å². The van der Waals surface area contributed by atoms with Crippen molar-refractivity contribution in [1.82, 2.24) is 9.97 Å². The van der Waals surface area contributed by atoms with Crippen molar-refractivity contribution in [3.05, 3.63) is 71.3 Å². The Labute approximate surface area is 201 Å². The van der Waals surface area contributed by atoms with Gasteiger partial charge in [-0.1, -0.05) is 17.3 Å². The summed E-state index contributed by atoms with van der Waals surface area (Å²) in [5, 5.41) is 11.3. The Morgan fingerprint density at radius 2 is 1.64 bits per heavy atom. The van der Waals surface area contributed by atoms with Gasteiger partial charge in [0.15, 0.2) is 17.4 Å². The van der Waals surface area contributed by atoms with Gasteiger partial charge in [-0.05, 0) is 48.1 Å². The van der Waals surface area contributed by atoms with Crippen molar-refractivity contribution < 1.29 is 36.3 Å². The van der Waals surface area contributed by atoms with E-state index in [1.54, 1.807) is 4.90 Å². The number of hydrogen-bond acceptors (Lipinski definition) is 6. The minimum Gasteiger partial charge on any atom is -0.487 e. The van der Waals surface area contributed by atoms with Crippen molar-refractivity contribution in [3.8, 4) is 16.9 Å². The molecule has 190 valence electrons. The van der Waals surface area contributed by atoms with E-state index in [2.05, 4.69) is 15.1 Å². The second-order valence-electron chi connectivity index (χ2n) is 8.26. The number of piperidine rings is 1. The van der Waals surface area contributed by atoms with Crippen molar-refractivity contribution >= 4 is 12.2 Å². The molecule has 0 spiro atoms. The van der Waals surface area contributed by atoms with Crippen LogP contribution in [0.15, 0.2) is 47.9 Å². The van der Waals surface area contributed by atoms with E-state index in [0.717, 1.165) is 36.8 Å². The highest BCUT2D eigenvalue weighted by atomic mass is 19.4. The van der Waals surface area contributed by atoms with Gasteiger partial charge < -0.3 is 14.8 Å². The number of ether oxygens (including phenoxy) is 1. The van der Waals surface area contributed by atoms with Gasteiger partial charge in [0.2, 0.25) is 5.95 Å². The van der Waals surface area contributed by atoms with Gasteiger partial charge in [-0.25, -0.2) is 23.1 Å². The molecule has 1 saturated heterocycles. The van der Waals surface area contributed by atoms with Crippen LogP contribution in [0, 0.1) is 23.4 Å². The number of hydrogen-bond donors (Lipinski definition) is 1. The molecule has 1 aromatic heterocycles. The standard InChI is InChI=1S/C24H20F6N4O2/c25-19-7-15(10-33-35)1-2-18(19)16-8-20(26)22(21(27)9-16)36-13-14-3-5-34(6-4-14)23-31-11-17(12-32-23)24(28,29)30/h1-2,7-12,14,35H,3-6,13H2/b33-10+. The number of anilines is 1. The van der Waals surface area contributed by atoms with Crippen LogP contribution < -0.4 is 9.64 Å². The first-order valence-electron chi connectivity index (χ1n) is 10.9. The van der Waals surface area contributed by atoms with Crippen LogP contribution in [0.25, 0.3) is 11.1 Å². The molecule has 0 saturated carbocycles. The normalized spacial score (nSPS) is 15.0. The third-order valence-electron chi connectivity index (χ3n) is 5.84. The Balaban J connectivity index is 1.36. The SMILES string of the molecule is O/N=C/c1ccc(-c2cc(F)c(OCC3CCN(c4ncc(C(F)(F)F)cn4)CC3)c(F)c2)c(F)c1. The fourth-order valence-electron chi connectivity index (χ4n) is 3.90. The second-order valence-corrected chi connectivity index (χ2v) is 8.26. The number of nitrogens with zero attached hydrogens (tertiary/aromatic N) is 4. The van der Waals surface area contributed by atoms with E-state index in [9.17, 15) is 26.3 Å². The summed E-state index contributed by atoms with van der Waals surface area (Å²) in [5.74, 6) is -3.16. The van der Waals surface area contributed by atoms with Gasteiger partial charge in [0.25, 0.3) is 0 Å². The summed E-state index contributed by atoms with van der Waals surface area (Å²) < 4.78 is 87.1. The van der Waals surface area contributed by atoms with Crippen LogP contribution in [0.2, 0.25) is 0 Å². The van der Waals surface area contributed by atoms with E-state index in [4.69, 9.17) is 9.94 Å². The predicted octanol–water partition coefficient (Wildman–Crippen LogP) is 5.68. The summed E-state index contributed by atoms with van der Waals surface area (Å²) in [4.78, 5) is 9.30. The molecule has 6 nitrogen and oxygen atoms in total. The molecular formula is C24H20F6N4O2. The predicted molar refractivity (Wildman–Crippen MR) is 119 cm³/mol. The van der Waals surface area contributed by atoms with Gasteiger partial charge in [0.05, 0.1) is 18.4 Å². The highest BCUT2D eigenvalue weighted by molar-refractivity contribution is 5.80. The van der Waals surface area contributed by atoms with E-state index >= 15 is 0 Å². The Kier molecular flexibility index (Phi) is 7.32. The maximum absolute atomic E-state index is 14.6. The molecule has 4 rings (SSSR count). The molecule has 0 aliphatic carbocycles. The zero-order valence-electron chi connectivity index (χ0n) is 18.6. The van der Waals surface area contributed by atoms with E-state index < -0.39 is 34.9 Å². The average molecular weight is 510 g/mol. The fraction of sp³-hybridized carbons (Fsp3) is 0.292. The minimum atomic E-state index is -4.51. The number of rotatable bonds is 6. The quantitative estimate of drug-likeness (QED) is 0.200. The Bertz CT molecular complexity index is 1220. The minimum absolute atomic E-state index is 0.0211. The van der Waals surface area contributed by atoms with Crippen LogP contribution in [-0.2, 0) is 6.18 Å². The molecule has 0 bridgehead atoms. The van der Waals surface area contributed by atoms with Gasteiger partial charge in [0.1, 0.15) is 5.82 Å². The zero-order chi connectivity index (χ0) is 25.9. The van der Waals surface area contributed by atoms with Crippen molar-refractivity contribution in [1.29, 1.82) is 0 Å². The van der Waals surface area contributed by atoms with Crippen LogP contribution in [-0.4, -0.2) is 41.1 Å². The first-order chi connectivity index (χ1) is 17.2. The Morgan fingerprint density at radius 1 is 1.00 bits per heavy atom. The monoisotopic (exact) mass is 510 g/mol. The molecular weight excluding hydrogens is 490 g/mol. The molecule has 0 unspecified atom stereocenters. The smallest absolute Gasteiger partial charge is 0.419 e. The molecule has 1 fully saturated rings. The van der Waals surface area contributed by atoms with Crippen LogP contribution >= 0.6 is 0 Å². The number of alkyl halides is 3. The largest absolute Gasteiger partial charge is 0.487 e. The number of benzene rings is 2. The van der Waals surface area contributed by atoms with Gasteiger partial charge in [-0.3, -0.25) is 0 Å². The molecule has 1 aliphatic rings.